The van der Waals surface area contributed by atoms with Crippen LogP contribution in [0.15, 0.2) is 24.3 Å². The molecule has 1 aromatic carbocycles. The van der Waals surface area contributed by atoms with Gasteiger partial charge in [0.05, 0.1) is 23.8 Å². The first-order valence-electron chi connectivity index (χ1n) is 7.76. The summed E-state index contributed by atoms with van der Waals surface area (Å²) in [7, 11) is 0. The Bertz CT molecular complexity index is 773. The summed E-state index contributed by atoms with van der Waals surface area (Å²) in [6.07, 6.45) is 0.0308. The van der Waals surface area contributed by atoms with E-state index < -0.39 is 6.55 Å². The molecule has 0 N–H and O–H groups in total. The van der Waals surface area contributed by atoms with Crippen molar-refractivity contribution in [3.8, 4) is 5.75 Å². The molecule has 7 heteroatoms. The average Bonchev–Trinajstić information content (AvgIpc) is 2.83. The molecule has 0 saturated heterocycles. The number of hydrogen-bond donors (Lipinski definition) is 0. The van der Waals surface area contributed by atoms with Gasteiger partial charge in [0.15, 0.2) is 0 Å². The van der Waals surface area contributed by atoms with E-state index in [1.807, 2.05) is 31.2 Å². The highest BCUT2D eigenvalue weighted by Gasteiger charge is 2.30. The molecule has 0 spiro atoms. The lowest BCUT2D eigenvalue weighted by Gasteiger charge is -2.35. The second-order valence-corrected chi connectivity index (χ2v) is 5.94. The van der Waals surface area contributed by atoms with E-state index in [0.29, 0.717) is 39.7 Å². The number of para-hydroxylation sites is 2. The number of rotatable bonds is 3. The van der Waals surface area contributed by atoms with Crippen LogP contribution < -0.4 is 9.64 Å². The van der Waals surface area contributed by atoms with E-state index in [-0.39, 0.29) is 18.4 Å². The van der Waals surface area contributed by atoms with Gasteiger partial charge in [-0.05, 0) is 32.9 Å². The van der Waals surface area contributed by atoms with E-state index in [2.05, 4.69) is 5.10 Å². The smallest absolute Gasteiger partial charge is 0.333 e. The van der Waals surface area contributed by atoms with Crippen LogP contribution in [0.4, 0.5) is 14.5 Å². The first-order chi connectivity index (χ1) is 11.4. The molecule has 2 aromatic rings. The fraction of sp³-hybridized carbons (Fsp3) is 0.412. The molecule has 2 heterocycles. The van der Waals surface area contributed by atoms with E-state index in [4.69, 9.17) is 4.74 Å². The minimum absolute atomic E-state index is 0.0308. The van der Waals surface area contributed by atoms with Gasteiger partial charge in [-0.25, -0.2) is 4.68 Å². The van der Waals surface area contributed by atoms with E-state index in [0.717, 1.165) is 0 Å². The fourth-order valence-corrected chi connectivity index (χ4v) is 3.06. The standard InChI is InChI=1S/C17H19F2N3O2/c1-10-9-24-15-7-5-4-6-14(15)21(10)16(23)8-13-11(2)20-22(12(13)3)17(18)19/h4-7,10,17H,8-9H2,1-3H3/t10-/m0/s1. The van der Waals surface area contributed by atoms with Crippen molar-refractivity contribution in [1.82, 2.24) is 9.78 Å². The lowest BCUT2D eigenvalue weighted by molar-refractivity contribution is -0.118. The lowest BCUT2D eigenvalue weighted by atomic mass is 10.1. The van der Waals surface area contributed by atoms with Crippen LogP contribution in [0.2, 0.25) is 0 Å². The molecule has 1 atom stereocenters. The summed E-state index contributed by atoms with van der Waals surface area (Å²) in [4.78, 5) is 14.5. The van der Waals surface area contributed by atoms with Gasteiger partial charge in [0.25, 0.3) is 0 Å². The van der Waals surface area contributed by atoms with Crippen LogP contribution in [0.1, 0.15) is 30.4 Å². The Labute approximate surface area is 138 Å². The van der Waals surface area contributed by atoms with E-state index in [1.54, 1.807) is 18.7 Å². The van der Waals surface area contributed by atoms with E-state index in [9.17, 15) is 13.6 Å². The lowest BCUT2D eigenvalue weighted by Crippen LogP contribution is -2.45. The first kappa shape index (κ1) is 16.4. The monoisotopic (exact) mass is 335 g/mol. The van der Waals surface area contributed by atoms with Gasteiger partial charge in [0.1, 0.15) is 12.4 Å². The Hall–Kier alpha value is -2.44. The average molecular weight is 335 g/mol. The Kier molecular flexibility index (Phi) is 4.26. The van der Waals surface area contributed by atoms with Crippen LogP contribution in [0.25, 0.3) is 0 Å². The molecular formula is C17H19F2N3O2. The molecule has 0 aliphatic carbocycles. The van der Waals surface area contributed by atoms with Gasteiger partial charge >= 0.3 is 6.55 Å². The van der Waals surface area contributed by atoms with Crippen molar-refractivity contribution >= 4 is 11.6 Å². The maximum atomic E-state index is 13.0. The highest BCUT2D eigenvalue weighted by molar-refractivity contribution is 5.97. The van der Waals surface area contributed by atoms with Crippen molar-refractivity contribution in [2.24, 2.45) is 0 Å². The largest absolute Gasteiger partial charge is 0.489 e. The number of halogens is 2. The van der Waals surface area contributed by atoms with Gasteiger partial charge in [-0.15, -0.1) is 0 Å². The number of carbonyl (C=O) groups is 1. The third-order valence-electron chi connectivity index (χ3n) is 4.30. The summed E-state index contributed by atoms with van der Waals surface area (Å²) in [6, 6.07) is 7.20. The maximum Gasteiger partial charge on any atom is 0.333 e. The zero-order valence-electron chi connectivity index (χ0n) is 13.8. The SMILES string of the molecule is Cc1nn(C(F)F)c(C)c1CC(=O)N1c2ccccc2OC[C@@H]1C. The molecule has 1 aromatic heterocycles. The van der Waals surface area contributed by atoms with Gasteiger partial charge in [-0.1, -0.05) is 12.1 Å². The van der Waals surface area contributed by atoms with E-state index in [1.165, 1.54) is 0 Å². The minimum atomic E-state index is -2.71. The number of aryl methyl sites for hydroxylation is 1. The minimum Gasteiger partial charge on any atom is -0.489 e. The Morgan fingerprint density at radius 3 is 2.75 bits per heavy atom. The number of aromatic nitrogens is 2. The summed E-state index contributed by atoms with van der Waals surface area (Å²) in [5.41, 5.74) is 2.04. The zero-order valence-corrected chi connectivity index (χ0v) is 13.8. The van der Waals surface area contributed by atoms with Crippen LogP contribution in [-0.4, -0.2) is 28.3 Å². The number of fused-ring (bicyclic) bond motifs is 1. The molecule has 1 aliphatic rings. The summed E-state index contributed by atoms with van der Waals surface area (Å²) < 4.78 is 32.2. The Balaban J connectivity index is 1.91. The molecular weight excluding hydrogens is 316 g/mol. The van der Waals surface area contributed by atoms with Crippen molar-refractivity contribution in [2.75, 3.05) is 11.5 Å². The molecule has 24 heavy (non-hydrogen) atoms. The number of anilines is 1. The molecule has 0 unspecified atom stereocenters. The number of carbonyl (C=O) groups excluding carboxylic acids is 1. The first-order valence-corrected chi connectivity index (χ1v) is 7.76. The maximum absolute atomic E-state index is 13.0. The van der Waals surface area contributed by atoms with Crippen molar-refractivity contribution in [1.29, 1.82) is 0 Å². The zero-order chi connectivity index (χ0) is 17.4. The van der Waals surface area contributed by atoms with Gasteiger partial charge in [-0.3, -0.25) is 4.79 Å². The highest BCUT2D eigenvalue weighted by atomic mass is 19.3. The van der Waals surface area contributed by atoms with Crippen molar-refractivity contribution in [3.05, 3.63) is 41.2 Å². The third kappa shape index (κ3) is 2.74. The molecule has 1 aliphatic heterocycles. The second-order valence-electron chi connectivity index (χ2n) is 5.94. The van der Waals surface area contributed by atoms with Crippen LogP contribution in [-0.2, 0) is 11.2 Å². The topological polar surface area (TPSA) is 47.4 Å². The molecule has 5 nitrogen and oxygen atoms in total. The van der Waals surface area contributed by atoms with Crippen LogP contribution >= 0.6 is 0 Å². The number of ether oxygens (including phenoxy) is 1. The van der Waals surface area contributed by atoms with Crippen molar-refractivity contribution in [3.63, 3.8) is 0 Å². The molecule has 3 rings (SSSR count). The quantitative estimate of drug-likeness (QED) is 0.865. The number of hydrogen-bond acceptors (Lipinski definition) is 3. The number of nitrogens with zero attached hydrogens (tertiary/aromatic N) is 3. The predicted octanol–water partition coefficient (Wildman–Crippen LogP) is 3.25. The van der Waals surface area contributed by atoms with Crippen molar-refractivity contribution < 1.29 is 18.3 Å². The van der Waals surface area contributed by atoms with Crippen LogP contribution in [0.5, 0.6) is 5.75 Å². The normalized spacial score (nSPS) is 16.9. The fourth-order valence-electron chi connectivity index (χ4n) is 3.06. The number of benzene rings is 1. The van der Waals surface area contributed by atoms with Crippen molar-refractivity contribution in [2.45, 2.75) is 39.8 Å². The number of amides is 1. The molecule has 1 amide bonds. The predicted molar refractivity (Wildman–Crippen MR) is 85.5 cm³/mol. The van der Waals surface area contributed by atoms with Gasteiger partial charge in [-0.2, -0.15) is 13.9 Å². The molecule has 0 saturated carbocycles. The van der Waals surface area contributed by atoms with Gasteiger partial charge < -0.3 is 9.64 Å². The number of alkyl halides is 2. The molecule has 0 fully saturated rings. The summed E-state index contributed by atoms with van der Waals surface area (Å²) in [5.74, 6) is 0.499. The summed E-state index contributed by atoms with van der Waals surface area (Å²) >= 11 is 0. The van der Waals surface area contributed by atoms with Gasteiger partial charge in [0, 0.05) is 11.3 Å². The third-order valence-corrected chi connectivity index (χ3v) is 4.30. The van der Waals surface area contributed by atoms with E-state index >= 15 is 0 Å². The summed E-state index contributed by atoms with van der Waals surface area (Å²) in [6.45, 7) is 2.79. The van der Waals surface area contributed by atoms with Crippen LogP contribution in [0.3, 0.4) is 0 Å². The summed E-state index contributed by atoms with van der Waals surface area (Å²) in [5, 5.41) is 3.84. The second kappa shape index (κ2) is 6.22. The molecule has 128 valence electrons. The van der Waals surface area contributed by atoms with Gasteiger partial charge in [0.2, 0.25) is 5.91 Å². The highest BCUT2D eigenvalue weighted by Crippen LogP contribution is 2.34. The van der Waals surface area contributed by atoms with Crippen LogP contribution in [0, 0.1) is 13.8 Å². The Morgan fingerprint density at radius 1 is 1.38 bits per heavy atom. The molecule has 0 bridgehead atoms. The Morgan fingerprint density at radius 2 is 2.08 bits per heavy atom. The molecule has 0 radical (unpaired) electrons.